The number of hydrogen-bond donors (Lipinski definition) is 2. The molecule has 0 amide bonds. The predicted molar refractivity (Wildman–Crippen MR) is 142 cm³/mol. The quantitative estimate of drug-likeness (QED) is 0.232. The van der Waals surface area contributed by atoms with Crippen molar-refractivity contribution in [3.63, 3.8) is 0 Å². The molecule has 0 spiro atoms. The lowest BCUT2D eigenvalue weighted by atomic mass is 10.1. The van der Waals surface area contributed by atoms with Gasteiger partial charge in [-0.1, -0.05) is 42.5 Å². The molecular formula is C27H24N6O2S. The Morgan fingerprint density at radius 1 is 1.06 bits per heavy atom. The second-order valence-electron chi connectivity index (χ2n) is 8.24. The fraction of sp³-hybridized carbons (Fsp3) is 0.111. The molecule has 0 radical (unpaired) electrons. The number of aromatic nitrogens is 5. The summed E-state index contributed by atoms with van der Waals surface area (Å²) in [7, 11) is 1.64. The second kappa shape index (κ2) is 10.0. The van der Waals surface area contributed by atoms with E-state index in [1.807, 2.05) is 72.3 Å². The summed E-state index contributed by atoms with van der Waals surface area (Å²) in [6, 6.07) is 25.2. The molecule has 8 nitrogen and oxygen atoms in total. The molecule has 2 aromatic heterocycles. The Labute approximate surface area is 213 Å². The van der Waals surface area contributed by atoms with Gasteiger partial charge in [0.2, 0.25) is 10.6 Å². The molecule has 36 heavy (non-hydrogen) atoms. The number of nitrogens with zero attached hydrogens (tertiary/aromatic N) is 5. The standard InChI is InChI=1S/C27H24N6O2S/c1-18-8-9-20(14-25(18)34)16-28-33-26(29-30-27(33)36)24-15-23(21-10-12-22(35-2)13-11-21)31-32(24)17-19-6-4-3-5-7-19/h3-16,34H,17H2,1-2H3,(H,30,36)/b28-16+. The number of aromatic amines is 1. The minimum absolute atomic E-state index is 0.208. The van der Waals surface area contributed by atoms with Crippen molar-refractivity contribution in [3.05, 3.63) is 100 Å². The van der Waals surface area contributed by atoms with Gasteiger partial charge in [-0.15, -0.1) is 0 Å². The molecule has 9 heteroatoms. The number of phenolic OH excluding ortho intramolecular Hbond substituents is 1. The molecule has 180 valence electrons. The Bertz CT molecular complexity index is 1580. The van der Waals surface area contributed by atoms with Crippen LogP contribution in [0.1, 0.15) is 16.7 Å². The summed E-state index contributed by atoms with van der Waals surface area (Å²) < 4.78 is 9.09. The number of H-pyrrole nitrogens is 1. The van der Waals surface area contributed by atoms with Crippen LogP contribution >= 0.6 is 12.2 Å². The molecule has 0 fully saturated rings. The maximum Gasteiger partial charge on any atom is 0.216 e. The van der Waals surface area contributed by atoms with E-state index in [1.54, 1.807) is 24.1 Å². The minimum atomic E-state index is 0.208. The molecule has 2 N–H and O–H groups in total. The molecule has 0 unspecified atom stereocenters. The number of ether oxygens (including phenoxy) is 1. The average molecular weight is 497 g/mol. The van der Waals surface area contributed by atoms with Gasteiger partial charge in [0.05, 0.1) is 25.6 Å². The zero-order valence-corrected chi connectivity index (χ0v) is 20.6. The Kier molecular flexibility index (Phi) is 6.46. The van der Waals surface area contributed by atoms with E-state index in [9.17, 15) is 5.11 Å². The summed E-state index contributed by atoms with van der Waals surface area (Å²) in [5, 5.41) is 26.8. The Morgan fingerprint density at radius 3 is 2.56 bits per heavy atom. The van der Waals surface area contributed by atoms with Crippen LogP contribution in [0.15, 0.2) is 84.0 Å². The van der Waals surface area contributed by atoms with Gasteiger partial charge in [-0.3, -0.25) is 4.68 Å². The first-order chi connectivity index (χ1) is 17.5. The van der Waals surface area contributed by atoms with Gasteiger partial charge in [0, 0.05) is 5.56 Å². The van der Waals surface area contributed by atoms with E-state index in [4.69, 9.17) is 22.1 Å². The SMILES string of the molecule is COc1ccc(-c2cc(-c3n[nH]c(=S)n3/N=C/c3ccc(C)c(O)c3)n(Cc3ccccc3)n2)cc1. The fourth-order valence-corrected chi connectivity index (χ4v) is 3.95. The van der Waals surface area contributed by atoms with Crippen molar-refractivity contribution < 1.29 is 9.84 Å². The van der Waals surface area contributed by atoms with Gasteiger partial charge in [-0.2, -0.15) is 20.0 Å². The van der Waals surface area contributed by atoms with Crippen LogP contribution in [0.25, 0.3) is 22.8 Å². The van der Waals surface area contributed by atoms with E-state index >= 15 is 0 Å². The first-order valence-electron chi connectivity index (χ1n) is 11.3. The van der Waals surface area contributed by atoms with Crippen LogP contribution < -0.4 is 4.74 Å². The number of nitrogens with one attached hydrogen (secondary N) is 1. The number of phenols is 1. The van der Waals surface area contributed by atoms with Crippen molar-refractivity contribution in [2.24, 2.45) is 5.10 Å². The highest BCUT2D eigenvalue weighted by atomic mass is 32.1. The monoisotopic (exact) mass is 496 g/mol. The smallest absolute Gasteiger partial charge is 0.216 e. The van der Waals surface area contributed by atoms with E-state index in [1.165, 1.54) is 0 Å². The number of benzene rings is 3. The van der Waals surface area contributed by atoms with Gasteiger partial charge in [-0.05, 0) is 72.2 Å². The topological polar surface area (TPSA) is 93.2 Å². The Morgan fingerprint density at radius 2 is 1.83 bits per heavy atom. The maximum atomic E-state index is 10.0. The predicted octanol–water partition coefficient (Wildman–Crippen LogP) is 5.42. The lowest BCUT2D eigenvalue weighted by Gasteiger charge is -2.07. The van der Waals surface area contributed by atoms with Crippen molar-refractivity contribution in [2.75, 3.05) is 7.11 Å². The van der Waals surface area contributed by atoms with Crippen molar-refractivity contribution in [1.82, 2.24) is 24.7 Å². The molecule has 2 heterocycles. The third-order valence-corrected chi connectivity index (χ3v) is 6.04. The lowest BCUT2D eigenvalue weighted by Crippen LogP contribution is -2.06. The minimum Gasteiger partial charge on any atom is -0.508 e. The molecule has 0 saturated heterocycles. The van der Waals surface area contributed by atoms with Crippen LogP contribution in [0.5, 0.6) is 11.5 Å². The highest BCUT2D eigenvalue weighted by Gasteiger charge is 2.18. The number of rotatable bonds is 7. The highest BCUT2D eigenvalue weighted by Crippen LogP contribution is 2.27. The van der Waals surface area contributed by atoms with E-state index in [0.29, 0.717) is 17.1 Å². The second-order valence-corrected chi connectivity index (χ2v) is 8.63. The first kappa shape index (κ1) is 23.3. The van der Waals surface area contributed by atoms with Crippen molar-refractivity contribution in [3.8, 4) is 34.3 Å². The molecule has 0 aliphatic heterocycles. The maximum absolute atomic E-state index is 10.0. The molecule has 5 rings (SSSR count). The molecule has 0 aliphatic carbocycles. The van der Waals surface area contributed by atoms with Crippen LogP contribution in [0.3, 0.4) is 0 Å². The zero-order valence-electron chi connectivity index (χ0n) is 19.8. The van der Waals surface area contributed by atoms with Crippen LogP contribution in [-0.2, 0) is 6.54 Å². The number of hydrogen-bond acceptors (Lipinski definition) is 6. The zero-order chi connectivity index (χ0) is 25.1. The van der Waals surface area contributed by atoms with Crippen LogP contribution in [-0.4, -0.2) is 43.1 Å². The van der Waals surface area contributed by atoms with Gasteiger partial charge in [0.15, 0.2) is 0 Å². The van der Waals surface area contributed by atoms with Crippen LogP contribution in [0, 0.1) is 11.7 Å². The van der Waals surface area contributed by atoms with Crippen LogP contribution in [0.4, 0.5) is 0 Å². The van der Waals surface area contributed by atoms with Crippen LogP contribution in [0.2, 0.25) is 0 Å². The molecule has 0 aliphatic rings. The van der Waals surface area contributed by atoms with Gasteiger partial charge in [-0.25, -0.2) is 5.10 Å². The van der Waals surface area contributed by atoms with Gasteiger partial charge < -0.3 is 9.84 Å². The molecule has 3 aromatic carbocycles. The average Bonchev–Trinajstić information content (AvgIpc) is 3.48. The van der Waals surface area contributed by atoms with Crippen molar-refractivity contribution in [1.29, 1.82) is 0 Å². The van der Waals surface area contributed by atoms with E-state index in [2.05, 4.69) is 27.4 Å². The van der Waals surface area contributed by atoms with Crippen molar-refractivity contribution >= 4 is 18.4 Å². The lowest BCUT2D eigenvalue weighted by molar-refractivity contribution is 0.415. The van der Waals surface area contributed by atoms with Crippen molar-refractivity contribution in [2.45, 2.75) is 13.5 Å². The summed E-state index contributed by atoms with van der Waals surface area (Å²) in [6.07, 6.45) is 1.64. The molecule has 0 saturated carbocycles. The summed E-state index contributed by atoms with van der Waals surface area (Å²) in [5.74, 6) is 1.51. The highest BCUT2D eigenvalue weighted by molar-refractivity contribution is 7.71. The third kappa shape index (κ3) is 4.82. The third-order valence-electron chi connectivity index (χ3n) is 5.78. The first-order valence-corrected chi connectivity index (χ1v) is 11.7. The van der Waals surface area contributed by atoms with Gasteiger partial charge in [0.1, 0.15) is 17.2 Å². The summed E-state index contributed by atoms with van der Waals surface area (Å²) in [6.45, 7) is 2.39. The Hall–Kier alpha value is -4.50. The van der Waals surface area contributed by atoms with E-state index < -0.39 is 0 Å². The van der Waals surface area contributed by atoms with Gasteiger partial charge >= 0.3 is 0 Å². The van der Waals surface area contributed by atoms with E-state index in [0.717, 1.165) is 39.4 Å². The van der Waals surface area contributed by atoms with E-state index in [-0.39, 0.29) is 5.75 Å². The van der Waals surface area contributed by atoms with Gasteiger partial charge in [0.25, 0.3) is 0 Å². The molecule has 0 bridgehead atoms. The largest absolute Gasteiger partial charge is 0.508 e. The molecule has 5 aromatic rings. The molecular weight excluding hydrogens is 472 g/mol. The number of aromatic hydroxyl groups is 1. The fourth-order valence-electron chi connectivity index (χ4n) is 3.77. The number of aryl methyl sites for hydroxylation is 1. The molecule has 0 atom stereocenters. The summed E-state index contributed by atoms with van der Waals surface area (Å²) in [5.41, 5.74) is 5.12. The summed E-state index contributed by atoms with van der Waals surface area (Å²) in [4.78, 5) is 0. The number of methoxy groups -OCH3 is 1. The summed E-state index contributed by atoms with van der Waals surface area (Å²) >= 11 is 5.47. The Balaban J connectivity index is 1.58. The normalized spacial score (nSPS) is 11.3.